The second kappa shape index (κ2) is 15.9. The van der Waals surface area contributed by atoms with Crippen molar-refractivity contribution in [3.63, 3.8) is 0 Å². The Hall–Kier alpha value is -4.16. The van der Waals surface area contributed by atoms with Gasteiger partial charge in [-0.2, -0.15) is 0 Å². The third-order valence-electron chi connectivity index (χ3n) is 13.2. The van der Waals surface area contributed by atoms with Crippen LogP contribution in [0.25, 0.3) is 0 Å². The number of Topliss-reactive ketones (excluding diaryl/α,β-unsaturated/α-hetero) is 2. The summed E-state index contributed by atoms with van der Waals surface area (Å²) in [6.45, 7) is 6.96. The number of anilines is 2. The molecule has 2 N–H and O–H groups in total. The maximum atomic E-state index is 15.4. The van der Waals surface area contributed by atoms with Crippen LogP contribution in [0.3, 0.4) is 0 Å². The number of rotatable bonds is 7. The molecule has 2 aromatic rings. The highest BCUT2D eigenvalue weighted by atomic mass is 16.5. The molecule has 292 valence electrons. The molecule has 10 unspecified atom stereocenters. The number of piperidine rings is 3. The quantitative estimate of drug-likeness (QED) is 0.351. The van der Waals surface area contributed by atoms with Crippen molar-refractivity contribution in [2.45, 2.75) is 77.3 Å². The number of hydrogen-bond donors (Lipinski definition) is 2. The molecule has 2 amide bonds. The lowest BCUT2D eigenvalue weighted by Crippen LogP contribution is -2.64. The summed E-state index contributed by atoms with van der Waals surface area (Å²) >= 11 is 0. The van der Waals surface area contributed by atoms with Gasteiger partial charge in [0.1, 0.15) is 0 Å². The maximum Gasteiger partial charge on any atom is 0.229 e. The lowest BCUT2D eigenvalue weighted by Gasteiger charge is -2.56. The molecule has 0 aromatic heterocycles. The first kappa shape index (κ1) is 38.1. The molecule has 54 heavy (non-hydrogen) atoms. The van der Waals surface area contributed by atoms with E-state index in [2.05, 4.69) is 34.3 Å². The van der Waals surface area contributed by atoms with Crippen molar-refractivity contribution < 1.29 is 38.1 Å². The van der Waals surface area contributed by atoms with Crippen LogP contribution in [-0.2, 0) is 9.59 Å². The van der Waals surface area contributed by atoms with Gasteiger partial charge in [0.2, 0.25) is 11.8 Å². The molecule has 0 spiro atoms. The van der Waals surface area contributed by atoms with Crippen molar-refractivity contribution in [1.82, 2.24) is 9.80 Å². The number of carbonyl (C=O) groups excluding carboxylic acids is 4. The number of nitrogens with one attached hydrogen (secondary N) is 2. The summed E-state index contributed by atoms with van der Waals surface area (Å²) in [7, 11) is 6.15. The van der Waals surface area contributed by atoms with Gasteiger partial charge in [-0.15, -0.1) is 0 Å². The van der Waals surface area contributed by atoms with E-state index >= 15 is 4.79 Å². The smallest absolute Gasteiger partial charge is 0.229 e. The average molecular weight is 745 g/mol. The summed E-state index contributed by atoms with van der Waals surface area (Å²) in [4.78, 5) is 61.9. The molecule has 10 atom stereocenters. The summed E-state index contributed by atoms with van der Waals surface area (Å²) in [6.07, 6.45) is 5.86. The Kier molecular flexibility index (Phi) is 11.2. The molecular weight excluding hydrogens is 688 g/mol. The molecule has 6 aliphatic rings. The summed E-state index contributed by atoms with van der Waals surface area (Å²) in [5.74, 6) is 1.87. The van der Waals surface area contributed by atoms with Crippen molar-refractivity contribution in [3.8, 4) is 23.0 Å². The standard InChI is InChI=1S/C42H56N4O8/c1-7-25-13-23-9-10-38(48)43-31-18-36(53-5)34(51-3)16-27(31)33(47)11-12-45(20-23)40(25)30-22-46-21-24-14-26(8-2)39(46)29(15-24)42(50)44-32-19-37(54-6)35(52-4)17-28(32)41(30)49/h16-19,23-26,29-30,39-40H,7-15,20-22H2,1-6H3,(H,43,48)(H,44,50). The second-order valence-corrected chi connectivity index (χ2v) is 16.0. The summed E-state index contributed by atoms with van der Waals surface area (Å²) in [5, 5.41) is 6.20. The van der Waals surface area contributed by atoms with Crippen LogP contribution < -0.4 is 29.6 Å². The lowest BCUT2D eigenvalue weighted by atomic mass is 9.64. The van der Waals surface area contributed by atoms with E-state index in [0.29, 0.717) is 89.8 Å². The van der Waals surface area contributed by atoms with E-state index in [4.69, 9.17) is 18.9 Å². The largest absolute Gasteiger partial charge is 0.493 e. The number of amides is 2. The first-order valence-corrected chi connectivity index (χ1v) is 19.8. The van der Waals surface area contributed by atoms with Crippen LogP contribution in [-0.4, -0.2) is 99.9 Å². The van der Waals surface area contributed by atoms with Crippen LogP contribution in [0.5, 0.6) is 23.0 Å². The van der Waals surface area contributed by atoms with Crippen molar-refractivity contribution >= 4 is 34.8 Å². The molecule has 12 heteroatoms. The molecule has 8 rings (SSSR count). The fraction of sp³-hybridized carbons (Fsp3) is 0.619. The fourth-order valence-corrected chi connectivity index (χ4v) is 10.7. The Morgan fingerprint density at radius 1 is 0.630 bits per heavy atom. The number of ether oxygens (including phenoxy) is 4. The Bertz CT molecular complexity index is 1780. The zero-order valence-corrected chi connectivity index (χ0v) is 32.6. The average Bonchev–Trinajstić information content (AvgIpc) is 3.19. The maximum absolute atomic E-state index is 15.4. The molecule has 1 aliphatic carbocycles. The molecule has 5 aliphatic heterocycles. The molecule has 3 saturated heterocycles. The molecule has 4 fully saturated rings. The third-order valence-corrected chi connectivity index (χ3v) is 13.2. The van der Waals surface area contributed by atoms with E-state index in [1.807, 2.05) is 0 Å². The van der Waals surface area contributed by atoms with Crippen molar-refractivity contribution in [2.24, 2.45) is 35.5 Å². The Labute approximate surface area is 318 Å². The topological polar surface area (TPSA) is 136 Å². The fourth-order valence-electron chi connectivity index (χ4n) is 10.7. The van der Waals surface area contributed by atoms with Gasteiger partial charge in [0, 0.05) is 74.4 Å². The Morgan fingerprint density at radius 2 is 1.19 bits per heavy atom. The van der Waals surface area contributed by atoms with Gasteiger partial charge in [-0.05, 0) is 61.5 Å². The predicted molar refractivity (Wildman–Crippen MR) is 205 cm³/mol. The summed E-state index contributed by atoms with van der Waals surface area (Å²) in [5.41, 5.74) is 1.66. The minimum Gasteiger partial charge on any atom is -0.493 e. The number of methoxy groups -OCH3 is 4. The third kappa shape index (κ3) is 7.07. The van der Waals surface area contributed by atoms with E-state index in [1.165, 1.54) is 14.2 Å². The predicted octanol–water partition coefficient (Wildman–Crippen LogP) is 5.93. The molecule has 6 bridgehead atoms. The van der Waals surface area contributed by atoms with Crippen molar-refractivity contribution in [2.75, 3.05) is 65.3 Å². The zero-order chi connectivity index (χ0) is 38.3. The van der Waals surface area contributed by atoms with Gasteiger partial charge in [0.05, 0.1) is 51.6 Å². The van der Waals surface area contributed by atoms with Gasteiger partial charge in [0.25, 0.3) is 0 Å². The van der Waals surface area contributed by atoms with Gasteiger partial charge in [-0.1, -0.05) is 26.7 Å². The van der Waals surface area contributed by atoms with E-state index in [0.717, 1.165) is 38.6 Å². The Balaban J connectivity index is 1.32. The van der Waals surface area contributed by atoms with Crippen LogP contribution in [0.15, 0.2) is 24.3 Å². The van der Waals surface area contributed by atoms with E-state index < -0.39 is 5.92 Å². The second-order valence-electron chi connectivity index (χ2n) is 16.0. The lowest BCUT2D eigenvalue weighted by molar-refractivity contribution is -0.132. The number of ketones is 2. The highest BCUT2D eigenvalue weighted by molar-refractivity contribution is 6.08. The Morgan fingerprint density at radius 3 is 1.81 bits per heavy atom. The minimum atomic E-state index is -0.441. The highest BCUT2D eigenvalue weighted by Crippen LogP contribution is 2.48. The number of carbonyl (C=O) groups is 4. The van der Waals surface area contributed by atoms with E-state index in [1.54, 1.807) is 38.5 Å². The van der Waals surface area contributed by atoms with E-state index in [9.17, 15) is 14.4 Å². The van der Waals surface area contributed by atoms with Crippen molar-refractivity contribution in [1.29, 1.82) is 0 Å². The zero-order valence-electron chi connectivity index (χ0n) is 32.6. The molecule has 5 heterocycles. The van der Waals surface area contributed by atoms with Crippen molar-refractivity contribution in [3.05, 3.63) is 35.4 Å². The van der Waals surface area contributed by atoms with Gasteiger partial charge >= 0.3 is 0 Å². The normalized spacial score (nSPS) is 32.5. The number of nitrogens with zero attached hydrogens (tertiary/aromatic N) is 2. The van der Waals surface area contributed by atoms with Gasteiger partial charge in [-0.3, -0.25) is 29.0 Å². The SMILES string of the molecule is CCC1CC2CC3C(=O)Nc4cc(OC)c(OC)cc4C(=O)C(C4C(CC)CC5CCC(=O)Nc6cc(OC)c(OC)cc6C(=O)CCN4C5)CN(C2)C13. The number of fused-ring (bicyclic) bond motifs is 5. The van der Waals surface area contributed by atoms with Gasteiger partial charge in [-0.25, -0.2) is 0 Å². The summed E-state index contributed by atoms with van der Waals surface area (Å²) in [6, 6.07) is 6.65. The first-order valence-electron chi connectivity index (χ1n) is 19.8. The van der Waals surface area contributed by atoms with Crippen LogP contribution in [0.1, 0.15) is 85.9 Å². The van der Waals surface area contributed by atoms with E-state index in [-0.39, 0.29) is 59.6 Å². The van der Waals surface area contributed by atoms with Gasteiger partial charge < -0.3 is 29.6 Å². The van der Waals surface area contributed by atoms with Gasteiger partial charge in [0.15, 0.2) is 34.6 Å². The number of hydrogen-bond acceptors (Lipinski definition) is 10. The molecule has 2 aromatic carbocycles. The minimum absolute atomic E-state index is 0.0416. The summed E-state index contributed by atoms with van der Waals surface area (Å²) < 4.78 is 22.4. The number of benzene rings is 2. The molecular formula is C42H56N4O8. The van der Waals surface area contributed by atoms with Crippen LogP contribution in [0, 0.1) is 35.5 Å². The van der Waals surface area contributed by atoms with Crippen LogP contribution in [0.4, 0.5) is 11.4 Å². The molecule has 1 saturated carbocycles. The first-order chi connectivity index (χ1) is 26.1. The highest BCUT2D eigenvalue weighted by Gasteiger charge is 2.52. The van der Waals surface area contributed by atoms with Crippen LogP contribution in [0.2, 0.25) is 0 Å². The monoisotopic (exact) mass is 744 g/mol. The molecule has 0 radical (unpaired) electrons. The molecule has 12 nitrogen and oxygen atoms in total. The van der Waals surface area contributed by atoms with Crippen LogP contribution >= 0.6 is 0 Å².